The molecule has 0 heterocycles. The van der Waals surface area contributed by atoms with Crippen LogP contribution in [0.15, 0.2) is 29.2 Å². The van der Waals surface area contributed by atoms with Crippen molar-refractivity contribution in [3.05, 3.63) is 29.3 Å². The lowest BCUT2D eigenvalue weighted by Gasteiger charge is -2.28. The molecule has 1 atom stereocenters. The Labute approximate surface area is 142 Å². The summed E-state index contributed by atoms with van der Waals surface area (Å²) in [7, 11) is -1.96. The van der Waals surface area contributed by atoms with Gasteiger partial charge >= 0.3 is 0 Å². The van der Waals surface area contributed by atoms with Gasteiger partial charge in [-0.3, -0.25) is 4.79 Å². The van der Waals surface area contributed by atoms with Crippen molar-refractivity contribution in [3.63, 3.8) is 0 Å². The van der Waals surface area contributed by atoms with Crippen molar-refractivity contribution in [3.8, 4) is 0 Å². The minimum absolute atomic E-state index is 0.0793. The number of sulfone groups is 1. The van der Waals surface area contributed by atoms with Gasteiger partial charge in [-0.05, 0) is 51.1 Å². The van der Waals surface area contributed by atoms with Crippen molar-refractivity contribution in [1.82, 2.24) is 10.6 Å². The van der Waals surface area contributed by atoms with Gasteiger partial charge in [-0.2, -0.15) is 0 Å². The first-order chi connectivity index (χ1) is 10.8. The maximum atomic E-state index is 13.1. The number of rotatable bonds is 6. The Balaban J connectivity index is 2.32. The third-order valence-corrected chi connectivity index (χ3v) is 7.29. The fraction of sp³-hybridized carbons (Fsp3) is 0.562. The predicted molar refractivity (Wildman–Crippen MR) is 91.4 cm³/mol. The Morgan fingerprint density at radius 1 is 1.26 bits per heavy atom. The van der Waals surface area contributed by atoms with Crippen molar-refractivity contribution in [2.24, 2.45) is 0 Å². The Hall–Kier alpha value is -1.11. The number of nitrogens with one attached hydrogen (secondary N) is 2. The maximum absolute atomic E-state index is 13.1. The van der Waals surface area contributed by atoms with Crippen LogP contribution in [-0.2, 0) is 14.6 Å². The number of likely N-dealkylation sites (N-methyl/N-ethyl adjacent to an activating group) is 1. The van der Waals surface area contributed by atoms with Gasteiger partial charge in [0.05, 0.1) is 4.90 Å². The fourth-order valence-electron chi connectivity index (χ4n) is 2.91. The highest BCUT2D eigenvalue weighted by molar-refractivity contribution is 7.93. The summed E-state index contributed by atoms with van der Waals surface area (Å²) >= 11 is 5.84. The quantitative estimate of drug-likeness (QED) is 0.817. The summed E-state index contributed by atoms with van der Waals surface area (Å²) in [6.07, 6.45) is 2.19. The molecule has 7 heteroatoms. The zero-order valence-electron chi connectivity index (χ0n) is 13.4. The van der Waals surface area contributed by atoms with Gasteiger partial charge in [0.1, 0.15) is 0 Å². The van der Waals surface area contributed by atoms with E-state index in [1.165, 1.54) is 24.3 Å². The molecule has 1 amide bonds. The summed E-state index contributed by atoms with van der Waals surface area (Å²) in [5, 5.41) is 6.29. The Bertz CT molecular complexity index is 652. The lowest BCUT2D eigenvalue weighted by molar-refractivity contribution is -0.123. The van der Waals surface area contributed by atoms with Crippen LogP contribution in [0.1, 0.15) is 32.6 Å². The standard InChI is InChI=1S/C16H23ClN2O3S/c1-12(18-2)11-19-15(20)16(9-3-4-10-16)23(21,22)14-7-5-13(17)6-8-14/h5-8,12,18H,3-4,9-11H2,1-2H3,(H,19,20). The first-order valence-corrected chi connectivity index (χ1v) is 9.65. The van der Waals surface area contributed by atoms with Gasteiger partial charge in [-0.15, -0.1) is 0 Å². The van der Waals surface area contributed by atoms with Gasteiger partial charge in [-0.25, -0.2) is 8.42 Å². The molecule has 0 spiro atoms. The van der Waals surface area contributed by atoms with Crippen molar-refractivity contribution < 1.29 is 13.2 Å². The molecule has 0 aromatic heterocycles. The topological polar surface area (TPSA) is 75.3 Å². The van der Waals surface area contributed by atoms with E-state index in [1.807, 2.05) is 6.92 Å². The minimum Gasteiger partial charge on any atom is -0.353 e. The molecule has 1 fully saturated rings. The molecule has 2 N–H and O–H groups in total. The molecule has 23 heavy (non-hydrogen) atoms. The molecule has 128 valence electrons. The van der Waals surface area contributed by atoms with E-state index in [9.17, 15) is 13.2 Å². The van der Waals surface area contributed by atoms with E-state index in [1.54, 1.807) is 7.05 Å². The highest BCUT2D eigenvalue weighted by Crippen LogP contribution is 2.41. The lowest BCUT2D eigenvalue weighted by Crippen LogP contribution is -2.52. The van der Waals surface area contributed by atoms with Gasteiger partial charge in [0.25, 0.3) is 0 Å². The van der Waals surface area contributed by atoms with Gasteiger partial charge in [0.15, 0.2) is 14.6 Å². The molecule has 0 saturated heterocycles. The Morgan fingerprint density at radius 2 is 1.83 bits per heavy atom. The smallest absolute Gasteiger partial charge is 0.241 e. The second kappa shape index (κ2) is 7.20. The average Bonchev–Trinajstić information content (AvgIpc) is 3.04. The number of carbonyl (C=O) groups is 1. The van der Waals surface area contributed by atoms with E-state index in [0.29, 0.717) is 24.4 Å². The monoisotopic (exact) mass is 358 g/mol. The lowest BCUT2D eigenvalue weighted by atomic mass is 10.1. The van der Waals surface area contributed by atoms with E-state index in [4.69, 9.17) is 11.6 Å². The van der Waals surface area contributed by atoms with Crippen molar-refractivity contribution in [2.75, 3.05) is 13.6 Å². The average molecular weight is 359 g/mol. The van der Waals surface area contributed by atoms with Crippen molar-refractivity contribution in [1.29, 1.82) is 0 Å². The summed E-state index contributed by atoms with van der Waals surface area (Å²) < 4.78 is 24.8. The van der Waals surface area contributed by atoms with E-state index in [0.717, 1.165) is 12.8 Å². The molecule has 1 saturated carbocycles. The van der Waals surface area contributed by atoms with E-state index >= 15 is 0 Å². The van der Waals surface area contributed by atoms with Crippen molar-refractivity contribution in [2.45, 2.75) is 48.3 Å². The molecule has 1 aromatic carbocycles. The highest BCUT2D eigenvalue weighted by atomic mass is 35.5. The SMILES string of the molecule is CNC(C)CNC(=O)C1(S(=O)(=O)c2ccc(Cl)cc2)CCCC1. The van der Waals surface area contributed by atoms with Crippen LogP contribution in [0.25, 0.3) is 0 Å². The van der Waals surface area contributed by atoms with Crippen LogP contribution in [-0.4, -0.2) is 38.7 Å². The molecule has 0 radical (unpaired) electrons. The summed E-state index contributed by atoms with van der Waals surface area (Å²) in [4.78, 5) is 12.9. The number of hydrogen-bond acceptors (Lipinski definition) is 4. The number of benzene rings is 1. The van der Waals surface area contributed by atoms with Gasteiger partial charge < -0.3 is 10.6 Å². The second-order valence-corrected chi connectivity index (χ2v) is 8.75. The molecular weight excluding hydrogens is 336 g/mol. The molecule has 0 bridgehead atoms. The molecule has 1 unspecified atom stereocenters. The number of halogens is 1. The molecule has 1 aliphatic carbocycles. The zero-order valence-corrected chi connectivity index (χ0v) is 15.0. The summed E-state index contributed by atoms with van der Waals surface area (Å²) in [5.74, 6) is -0.396. The van der Waals surface area contributed by atoms with Gasteiger partial charge in [-0.1, -0.05) is 24.4 Å². The van der Waals surface area contributed by atoms with Gasteiger partial charge in [0.2, 0.25) is 5.91 Å². The normalized spacial score (nSPS) is 18.6. The van der Waals surface area contributed by atoms with E-state index in [-0.39, 0.29) is 10.9 Å². The summed E-state index contributed by atoms with van der Waals surface area (Å²) in [6, 6.07) is 6.11. The fourth-order valence-corrected chi connectivity index (χ4v) is 5.13. The maximum Gasteiger partial charge on any atom is 0.241 e. The van der Waals surface area contributed by atoms with Crippen LogP contribution in [0.2, 0.25) is 5.02 Å². The van der Waals surface area contributed by atoms with Crippen LogP contribution in [0, 0.1) is 0 Å². The first kappa shape index (κ1) is 18.2. The summed E-state index contributed by atoms with van der Waals surface area (Å²) in [6.45, 7) is 2.32. The van der Waals surface area contributed by atoms with Crippen LogP contribution in [0.3, 0.4) is 0 Å². The number of carbonyl (C=O) groups excluding carboxylic acids is 1. The zero-order chi connectivity index (χ0) is 17.1. The molecule has 1 aliphatic rings. The number of amides is 1. The van der Waals surface area contributed by atoms with Crippen LogP contribution >= 0.6 is 11.6 Å². The van der Waals surface area contributed by atoms with Gasteiger partial charge in [0, 0.05) is 17.6 Å². The van der Waals surface area contributed by atoms with Crippen LogP contribution in [0.5, 0.6) is 0 Å². The van der Waals surface area contributed by atoms with E-state index < -0.39 is 20.5 Å². The van der Waals surface area contributed by atoms with Crippen LogP contribution in [0.4, 0.5) is 0 Å². The molecule has 0 aliphatic heterocycles. The predicted octanol–water partition coefficient (Wildman–Crippen LogP) is 2.15. The highest BCUT2D eigenvalue weighted by Gasteiger charge is 2.52. The Morgan fingerprint density at radius 3 is 2.35 bits per heavy atom. The third-order valence-electron chi connectivity index (χ3n) is 4.52. The third kappa shape index (κ3) is 3.54. The first-order valence-electron chi connectivity index (χ1n) is 7.79. The van der Waals surface area contributed by atoms with Crippen molar-refractivity contribution >= 4 is 27.3 Å². The molecular formula is C16H23ClN2O3S. The largest absolute Gasteiger partial charge is 0.353 e. The summed E-state index contributed by atoms with van der Waals surface area (Å²) in [5.41, 5.74) is 0. The number of hydrogen-bond donors (Lipinski definition) is 2. The molecule has 1 aromatic rings. The molecule has 2 rings (SSSR count). The minimum atomic E-state index is -3.76. The van der Waals surface area contributed by atoms with Crippen LogP contribution < -0.4 is 10.6 Å². The second-order valence-electron chi connectivity index (χ2n) is 6.06. The Kier molecular flexibility index (Phi) is 5.70. The molecule has 5 nitrogen and oxygen atoms in total. The van der Waals surface area contributed by atoms with E-state index in [2.05, 4.69) is 10.6 Å².